The van der Waals surface area contributed by atoms with Crippen molar-refractivity contribution >= 4 is 57.5 Å². The second-order valence-electron chi connectivity index (χ2n) is 9.04. The van der Waals surface area contributed by atoms with Crippen molar-refractivity contribution in [3.63, 3.8) is 0 Å². The molecule has 9 nitrogen and oxygen atoms in total. The topological polar surface area (TPSA) is 107 Å². The molecular formula is C29H34ClN5O4S2. The number of amides is 2. The van der Waals surface area contributed by atoms with E-state index in [0.29, 0.717) is 32.5 Å². The highest BCUT2D eigenvalue weighted by molar-refractivity contribution is 7.98. The van der Waals surface area contributed by atoms with E-state index in [2.05, 4.69) is 34.1 Å². The van der Waals surface area contributed by atoms with Crippen LogP contribution in [0.25, 0.3) is 11.3 Å². The van der Waals surface area contributed by atoms with Gasteiger partial charge in [0.05, 0.1) is 43.5 Å². The van der Waals surface area contributed by atoms with E-state index < -0.39 is 5.91 Å². The largest absolute Gasteiger partial charge is 0.501 e. The van der Waals surface area contributed by atoms with Gasteiger partial charge in [-0.3, -0.25) is 13.6 Å². The number of allylic oxidation sites excluding steroid dienone is 2. The van der Waals surface area contributed by atoms with E-state index in [1.165, 1.54) is 30.4 Å². The quantitative estimate of drug-likeness (QED) is 0.153. The van der Waals surface area contributed by atoms with Crippen LogP contribution in [-0.4, -0.2) is 52.5 Å². The Hall–Kier alpha value is -3.54. The van der Waals surface area contributed by atoms with E-state index in [-0.39, 0.29) is 18.3 Å². The van der Waals surface area contributed by atoms with Gasteiger partial charge in [0.15, 0.2) is 5.13 Å². The third-order valence-electron chi connectivity index (χ3n) is 5.48. The first-order valence-electron chi connectivity index (χ1n) is 12.9. The molecular weight excluding hydrogens is 582 g/mol. The number of thiazole rings is 1. The summed E-state index contributed by atoms with van der Waals surface area (Å²) in [7, 11) is 3.15. The molecule has 1 aromatic carbocycles. The van der Waals surface area contributed by atoms with Gasteiger partial charge in [-0.2, -0.15) is 0 Å². The first-order valence-corrected chi connectivity index (χ1v) is 15.0. The molecule has 3 rings (SSSR count). The van der Waals surface area contributed by atoms with Gasteiger partial charge in [0.1, 0.15) is 5.15 Å². The first-order chi connectivity index (χ1) is 19.6. The van der Waals surface area contributed by atoms with Crippen LogP contribution in [0.5, 0.6) is 0 Å². The van der Waals surface area contributed by atoms with Crippen molar-refractivity contribution in [3.05, 3.63) is 82.5 Å². The van der Waals surface area contributed by atoms with Gasteiger partial charge < -0.3 is 20.1 Å². The summed E-state index contributed by atoms with van der Waals surface area (Å²) in [6, 6.07) is 9.29. The third-order valence-corrected chi connectivity index (χ3v) is 7.58. The number of aliphatic imine (C=N–C) groups is 1. The first kappa shape index (κ1) is 32.0. The predicted molar refractivity (Wildman–Crippen MR) is 169 cm³/mol. The van der Waals surface area contributed by atoms with Gasteiger partial charge in [-0.25, -0.2) is 9.98 Å². The monoisotopic (exact) mass is 615 g/mol. The fraction of sp³-hybridized carbons (Fsp3) is 0.310. The molecule has 0 saturated heterocycles. The van der Waals surface area contributed by atoms with Crippen LogP contribution in [0, 0.1) is 0 Å². The number of hydrogen-bond acceptors (Lipinski definition) is 8. The lowest BCUT2D eigenvalue weighted by molar-refractivity contribution is -0.115. The van der Waals surface area contributed by atoms with Crippen LogP contribution in [0.1, 0.15) is 49.5 Å². The van der Waals surface area contributed by atoms with Crippen molar-refractivity contribution < 1.29 is 19.1 Å². The summed E-state index contributed by atoms with van der Waals surface area (Å²) in [5.41, 5.74) is 3.37. The molecule has 218 valence electrons. The number of nitrogens with one attached hydrogen (secondary N) is 2. The minimum absolute atomic E-state index is 0.210. The summed E-state index contributed by atoms with van der Waals surface area (Å²) < 4.78 is 12.4. The molecule has 2 amide bonds. The molecule has 0 saturated carbocycles. The number of nitrogens with zero attached hydrogens (tertiary/aromatic N) is 3. The lowest BCUT2D eigenvalue weighted by Crippen LogP contribution is -2.32. The van der Waals surface area contributed by atoms with E-state index in [1.54, 1.807) is 23.3 Å². The molecule has 0 aliphatic rings. The number of rotatable bonds is 14. The number of halogens is 1. The summed E-state index contributed by atoms with van der Waals surface area (Å²) in [6.07, 6.45) is 5.22. The number of ether oxygens (including phenoxy) is 2. The zero-order valence-corrected chi connectivity index (χ0v) is 26.1. The van der Waals surface area contributed by atoms with Crippen molar-refractivity contribution in [2.75, 3.05) is 26.1 Å². The molecule has 0 radical (unpaired) electrons. The molecule has 2 N–H and O–H groups in total. The number of carbonyl (C=O) groups excluding carboxylic acids is 2. The van der Waals surface area contributed by atoms with E-state index in [4.69, 9.17) is 21.1 Å². The SMILES string of the molecule is C=C(/N=C(\C=C(/CCC)OC)c1cccc(-c2csc(NC(=O)CNC(=O)c3cc(Cl)n(SC(C)C)c3)n2)c1)OC. The molecule has 3 aromatic rings. The van der Waals surface area contributed by atoms with Crippen molar-refractivity contribution in [1.82, 2.24) is 14.3 Å². The number of benzene rings is 1. The Bertz CT molecular complexity index is 1440. The van der Waals surface area contributed by atoms with E-state index in [9.17, 15) is 9.59 Å². The second-order valence-corrected chi connectivity index (χ2v) is 11.8. The molecule has 41 heavy (non-hydrogen) atoms. The fourth-order valence-corrected chi connectivity index (χ4v) is 5.37. The minimum Gasteiger partial charge on any atom is -0.501 e. The zero-order valence-electron chi connectivity index (χ0n) is 23.7. The van der Waals surface area contributed by atoms with Gasteiger partial charge >= 0.3 is 0 Å². The summed E-state index contributed by atoms with van der Waals surface area (Å²) in [6.45, 7) is 9.75. The Kier molecular flexibility index (Phi) is 12.1. The van der Waals surface area contributed by atoms with Crippen LogP contribution in [0.2, 0.25) is 5.15 Å². The smallest absolute Gasteiger partial charge is 0.253 e. The molecule has 2 aromatic heterocycles. The summed E-state index contributed by atoms with van der Waals surface area (Å²) >= 11 is 8.99. The standard InChI is InChI=1S/C29H34ClN5O4S2/c1-7-9-23(39-6)14-24(32-19(4)38-5)20-10-8-11-21(12-20)25-17-40-29(33-25)34-27(36)15-31-28(37)22-13-26(30)35(16-22)41-18(2)3/h8,10-14,16-18H,4,7,9,15H2,1-3,5-6H3,(H,31,37)(H,33,34,36)/b23-14+,32-24+. The van der Waals surface area contributed by atoms with E-state index >= 15 is 0 Å². The summed E-state index contributed by atoms with van der Waals surface area (Å²) in [5.74, 6) is 0.284. The predicted octanol–water partition coefficient (Wildman–Crippen LogP) is 6.78. The molecule has 12 heteroatoms. The molecule has 0 unspecified atom stereocenters. The highest BCUT2D eigenvalue weighted by atomic mass is 35.5. The lowest BCUT2D eigenvalue weighted by Gasteiger charge is -2.09. The normalized spacial score (nSPS) is 11.9. The molecule has 0 spiro atoms. The van der Waals surface area contributed by atoms with Gasteiger partial charge in [0.2, 0.25) is 11.8 Å². The average Bonchev–Trinajstić information content (AvgIpc) is 3.57. The zero-order chi connectivity index (χ0) is 29.9. The van der Waals surface area contributed by atoms with Crippen LogP contribution in [0.3, 0.4) is 0 Å². The highest BCUT2D eigenvalue weighted by Crippen LogP contribution is 2.27. The lowest BCUT2D eigenvalue weighted by atomic mass is 10.0. The maximum atomic E-state index is 12.5. The fourth-order valence-electron chi connectivity index (χ4n) is 3.57. The molecule has 0 fully saturated rings. The van der Waals surface area contributed by atoms with Crippen LogP contribution < -0.4 is 10.6 Å². The van der Waals surface area contributed by atoms with Crippen molar-refractivity contribution in [3.8, 4) is 11.3 Å². The molecule has 0 atom stereocenters. The minimum atomic E-state index is -0.393. The molecule has 0 aliphatic carbocycles. The van der Waals surface area contributed by atoms with Crippen molar-refractivity contribution in [1.29, 1.82) is 0 Å². The number of carbonyl (C=O) groups is 2. The highest BCUT2D eigenvalue weighted by Gasteiger charge is 2.15. The number of anilines is 1. The van der Waals surface area contributed by atoms with Crippen molar-refractivity contribution in [2.24, 2.45) is 4.99 Å². The number of methoxy groups -OCH3 is 2. The summed E-state index contributed by atoms with van der Waals surface area (Å²) in [5, 5.41) is 8.36. The Morgan fingerprint density at radius 1 is 1.24 bits per heavy atom. The Labute approximate surface area is 253 Å². The number of hydrogen-bond donors (Lipinski definition) is 2. The maximum Gasteiger partial charge on any atom is 0.253 e. The van der Waals surface area contributed by atoms with E-state index in [0.717, 1.165) is 29.7 Å². The van der Waals surface area contributed by atoms with Gasteiger partial charge in [-0.05, 0) is 37.1 Å². The molecule has 0 bridgehead atoms. The van der Waals surface area contributed by atoms with Gasteiger partial charge in [-0.1, -0.05) is 50.6 Å². The Morgan fingerprint density at radius 3 is 2.71 bits per heavy atom. The molecule has 2 heterocycles. The van der Waals surface area contributed by atoms with Gasteiger partial charge in [0.25, 0.3) is 5.91 Å². The van der Waals surface area contributed by atoms with Crippen LogP contribution in [0.4, 0.5) is 5.13 Å². The average molecular weight is 616 g/mol. The molecule has 0 aliphatic heterocycles. The second kappa shape index (κ2) is 15.5. The van der Waals surface area contributed by atoms with Crippen LogP contribution in [0.15, 0.2) is 71.2 Å². The number of aromatic nitrogens is 2. The Balaban J connectivity index is 1.69. The van der Waals surface area contributed by atoms with Crippen LogP contribution in [-0.2, 0) is 14.3 Å². The third kappa shape index (κ3) is 9.51. The Morgan fingerprint density at radius 2 is 2.02 bits per heavy atom. The maximum absolute atomic E-state index is 12.5. The van der Waals surface area contributed by atoms with Gasteiger partial charge in [-0.15, -0.1) is 11.3 Å². The van der Waals surface area contributed by atoms with Crippen LogP contribution >= 0.6 is 34.9 Å². The van der Waals surface area contributed by atoms with Gasteiger partial charge in [0, 0.05) is 40.5 Å². The summed E-state index contributed by atoms with van der Waals surface area (Å²) in [4.78, 5) is 34.1. The van der Waals surface area contributed by atoms with Crippen molar-refractivity contribution in [2.45, 2.75) is 38.9 Å². The van der Waals surface area contributed by atoms with E-state index in [1.807, 2.05) is 49.6 Å².